The Hall–Kier alpha value is -5.80. The number of carbonyl (C=O) groups is 2. The largest absolute Gasteiger partial charge is 0.506 e. The summed E-state index contributed by atoms with van der Waals surface area (Å²) in [6.07, 6.45) is 0. The van der Waals surface area contributed by atoms with E-state index in [0.29, 0.717) is 28.4 Å². The van der Waals surface area contributed by atoms with E-state index in [-0.39, 0.29) is 51.1 Å². The van der Waals surface area contributed by atoms with Crippen LogP contribution in [0.4, 0.5) is 11.4 Å². The summed E-state index contributed by atoms with van der Waals surface area (Å²) in [5, 5.41) is 20.5. The third-order valence-corrected chi connectivity index (χ3v) is 6.66. The van der Waals surface area contributed by atoms with E-state index in [1.54, 1.807) is 91.0 Å². The minimum Gasteiger partial charge on any atom is -0.506 e. The van der Waals surface area contributed by atoms with Crippen molar-refractivity contribution in [1.29, 1.82) is 0 Å². The maximum Gasteiger partial charge on any atom is 0.255 e. The highest BCUT2D eigenvalue weighted by molar-refractivity contribution is 6.67. The second-order valence-corrected chi connectivity index (χ2v) is 10.2. The van der Waals surface area contributed by atoms with Gasteiger partial charge in [-0.1, -0.05) is 194 Å². The Bertz CT molecular complexity index is 2000. The van der Waals surface area contributed by atoms with Gasteiger partial charge in [-0.2, -0.15) is 0 Å². The van der Waals surface area contributed by atoms with Crippen LogP contribution in [0, 0.1) is 0 Å². The van der Waals surface area contributed by atoms with Gasteiger partial charge in [0.2, 0.25) is 5.89 Å². The van der Waals surface area contributed by atoms with Crippen LogP contribution in [0.25, 0.3) is 22.6 Å². The van der Waals surface area contributed by atoms with Crippen LogP contribution in [0.15, 0.2) is 168 Å². The van der Waals surface area contributed by atoms with E-state index in [1.165, 1.54) is 6.07 Å². The number of phenols is 2. The lowest BCUT2D eigenvalue weighted by Gasteiger charge is -2.06. The molecule has 1 aromatic heterocycles. The molecule has 0 radical (unpaired) electrons. The van der Waals surface area contributed by atoms with Gasteiger partial charge in [0.05, 0.1) is 11.4 Å². The van der Waals surface area contributed by atoms with E-state index in [2.05, 4.69) is 10.3 Å². The Morgan fingerprint density at radius 3 is 1.32 bits per heavy atom. The molecule has 0 saturated carbocycles. The lowest BCUT2D eigenvalue weighted by Crippen LogP contribution is -2.11. The zero-order valence-electron chi connectivity index (χ0n) is 38.4. The van der Waals surface area contributed by atoms with Crippen molar-refractivity contribution in [3.63, 3.8) is 0 Å². The summed E-state index contributed by atoms with van der Waals surface area (Å²) in [5.41, 5.74) is 9.95. The number of hydrogen-bond donors (Lipinski definition) is 4. The van der Waals surface area contributed by atoms with Crippen LogP contribution < -0.4 is 11.1 Å². The zero-order chi connectivity index (χ0) is 46.1. The van der Waals surface area contributed by atoms with Gasteiger partial charge in [0, 0.05) is 18.1 Å². The van der Waals surface area contributed by atoms with Crippen LogP contribution in [-0.2, 0) is 0 Å². The first kappa shape index (κ1) is 68.9. The van der Waals surface area contributed by atoms with E-state index in [1.807, 2.05) is 150 Å². The Labute approximate surface area is 398 Å². The zero-order valence-corrected chi connectivity index (χ0v) is 40.8. The highest BCUT2D eigenvalue weighted by Gasteiger charge is 2.07. The van der Waals surface area contributed by atoms with Gasteiger partial charge < -0.3 is 25.7 Å². The number of amides is 1. The number of anilines is 2. The number of hydrogen-bond acceptors (Lipinski definition) is 7. The normalized spacial score (nSPS) is 8.02. The van der Waals surface area contributed by atoms with Gasteiger partial charge in [0.15, 0.2) is 5.58 Å². The molecule has 5 N–H and O–H groups in total. The molecule has 0 saturated heterocycles. The first-order chi connectivity index (χ1) is 29.3. The Morgan fingerprint density at radius 1 is 0.540 bits per heavy atom. The Balaban J connectivity index is -0.000000126. The molecule has 0 aliphatic heterocycles. The SMILES string of the molecule is C.CC.CC.CC.CC.CC.CC.Cl.Cl.Nc1ccccc1O.O=C(Cl)c1ccccc1.O=C(Nc1ccccc1O)c1ccccc1.[2HH].c1ccc(-c2nc3ccccc3o2)cc1. The number of phenolic OH excluding ortho intramolecular Hbond substituents is 2. The third-order valence-electron chi connectivity index (χ3n) is 6.44. The molecule has 63 heavy (non-hydrogen) atoms. The number of halogens is 3. The number of rotatable bonds is 4. The van der Waals surface area contributed by atoms with Gasteiger partial charge in [-0.3, -0.25) is 9.59 Å². The van der Waals surface area contributed by atoms with Crippen LogP contribution in [0.3, 0.4) is 0 Å². The van der Waals surface area contributed by atoms with Crippen molar-refractivity contribution in [2.24, 2.45) is 0 Å². The quantitative estimate of drug-likeness (QED) is 0.0783. The molecule has 0 bridgehead atoms. The van der Waals surface area contributed by atoms with Crippen molar-refractivity contribution in [1.82, 2.24) is 4.98 Å². The van der Waals surface area contributed by atoms with Crippen molar-refractivity contribution in [2.45, 2.75) is 90.5 Å². The minimum atomic E-state index is -0.407. The van der Waals surface area contributed by atoms with Crippen LogP contribution in [0.2, 0.25) is 0 Å². The molecule has 0 unspecified atom stereocenters. The molecule has 7 rings (SSSR count). The average molecular weight is 931 g/mol. The Morgan fingerprint density at radius 2 is 0.921 bits per heavy atom. The summed E-state index contributed by atoms with van der Waals surface area (Å²) < 4.78 is 5.64. The molecular weight excluding hydrogens is 853 g/mol. The number of aromatic hydroxyl groups is 2. The maximum absolute atomic E-state index is 11.7. The average Bonchev–Trinajstić information content (AvgIpc) is 3.78. The summed E-state index contributed by atoms with van der Waals surface area (Å²) in [6.45, 7) is 24.0. The molecule has 6 aromatic carbocycles. The lowest BCUT2D eigenvalue weighted by atomic mass is 10.2. The van der Waals surface area contributed by atoms with Crippen molar-refractivity contribution < 1.29 is 25.6 Å². The molecule has 11 heteroatoms. The number of nitrogens with one attached hydrogen (secondary N) is 1. The third kappa shape index (κ3) is 29.2. The number of nitrogens with zero attached hydrogens (tertiary/aromatic N) is 1. The monoisotopic (exact) mass is 928 g/mol. The molecule has 7 aromatic rings. The number of oxazole rings is 1. The van der Waals surface area contributed by atoms with Crippen molar-refractivity contribution in [2.75, 3.05) is 11.1 Å². The maximum atomic E-state index is 11.7. The highest BCUT2D eigenvalue weighted by atomic mass is 35.5. The number of carbonyl (C=O) groups excluding carboxylic acids is 2. The minimum absolute atomic E-state index is 0. The fraction of sp³-hybridized carbons (Fsp3) is 0.250. The van der Waals surface area contributed by atoms with Crippen LogP contribution in [-0.4, -0.2) is 26.3 Å². The predicted molar refractivity (Wildman–Crippen MR) is 283 cm³/mol. The van der Waals surface area contributed by atoms with E-state index >= 15 is 0 Å². The highest BCUT2D eigenvalue weighted by Crippen LogP contribution is 2.24. The van der Waals surface area contributed by atoms with Crippen molar-refractivity contribution in [3.8, 4) is 23.0 Å². The van der Waals surface area contributed by atoms with Crippen LogP contribution >= 0.6 is 36.4 Å². The molecule has 0 fully saturated rings. The van der Waals surface area contributed by atoms with E-state index in [9.17, 15) is 14.7 Å². The summed E-state index contributed by atoms with van der Waals surface area (Å²) in [5.74, 6) is 0.651. The van der Waals surface area contributed by atoms with Crippen molar-refractivity contribution in [3.05, 3.63) is 175 Å². The second kappa shape index (κ2) is 47.3. The number of para-hydroxylation sites is 6. The van der Waals surface area contributed by atoms with E-state index < -0.39 is 5.24 Å². The predicted octanol–water partition coefficient (Wildman–Crippen LogP) is 17.1. The van der Waals surface area contributed by atoms with Crippen molar-refractivity contribution >= 4 is 70.0 Å². The summed E-state index contributed by atoms with van der Waals surface area (Å²) >= 11 is 5.16. The first-order valence-corrected chi connectivity index (χ1v) is 21.0. The summed E-state index contributed by atoms with van der Waals surface area (Å²) in [6, 6.07) is 48.6. The van der Waals surface area contributed by atoms with Gasteiger partial charge in [-0.25, -0.2) is 4.98 Å². The fourth-order valence-corrected chi connectivity index (χ4v) is 4.12. The van der Waals surface area contributed by atoms with Gasteiger partial charge in [0.25, 0.3) is 11.1 Å². The van der Waals surface area contributed by atoms with Gasteiger partial charge >= 0.3 is 0 Å². The smallest absolute Gasteiger partial charge is 0.255 e. The topological polar surface area (TPSA) is 139 Å². The fourth-order valence-electron chi connectivity index (χ4n) is 4.00. The van der Waals surface area contributed by atoms with Gasteiger partial charge in [-0.05, 0) is 72.3 Å². The molecule has 1 heterocycles. The summed E-state index contributed by atoms with van der Waals surface area (Å²) in [7, 11) is 0. The number of nitrogen functional groups attached to an aromatic ring is 1. The van der Waals surface area contributed by atoms with Crippen LogP contribution in [0.5, 0.6) is 11.5 Å². The molecule has 0 aliphatic rings. The van der Waals surface area contributed by atoms with Crippen LogP contribution in [0.1, 0.15) is 113 Å². The van der Waals surface area contributed by atoms with E-state index in [4.69, 9.17) is 26.9 Å². The standard InChI is InChI=1S/C13H11NO2.C13H9NO.C7H5ClO.C6H7NO.6C2H6.CH4.2ClH.H2/c15-12-9-5-4-8-11(12)14-13(16)10-6-2-1-3-7-10;1-2-6-10(7-3-1)13-14-11-8-4-5-9-12(11)15-13;8-7(9)6-4-2-1-3-5-6;7-5-3-1-2-4-6(5)8;6*1-2;;;;/h1-9,15H,(H,14,16);1-9H;1-5H;1-4,8H,7H2;6*1-2H3;1H4;3*1H/i;;;;;;;;;;;;;1+1. The molecule has 0 aliphatic carbocycles. The summed E-state index contributed by atoms with van der Waals surface area (Å²) in [4.78, 5) is 26.6. The number of nitrogens with two attached hydrogens (primary N) is 1. The molecule has 0 spiro atoms. The second-order valence-electron chi connectivity index (χ2n) is 9.89. The Kier molecular flexibility index (Phi) is 51.7. The number of benzene rings is 6. The van der Waals surface area contributed by atoms with E-state index in [0.717, 1.165) is 16.7 Å². The molecule has 350 valence electrons. The first-order valence-electron chi connectivity index (χ1n) is 20.7. The number of aromatic nitrogens is 1. The number of fused-ring (bicyclic) bond motifs is 1. The molecule has 8 nitrogen and oxygen atoms in total. The molecule has 0 atom stereocenters. The molecular formula is C52H76Cl3N3O5. The lowest BCUT2D eigenvalue weighted by molar-refractivity contribution is 0.102. The van der Waals surface area contributed by atoms with Gasteiger partial charge in [0.1, 0.15) is 17.0 Å². The van der Waals surface area contributed by atoms with Gasteiger partial charge in [-0.15, -0.1) is 24.8 Å². The molecule has 1 amide bonds.